The molecular weight excluding hydrogens is 540 g/mol. The van der Waals surface area contributed by atoms with Crippen LogP contribution in [0.4, 0.5) is 17.1 Å². The van der Waals surface area contributed by atoms with E-state index in [0.29, 0.717) is 11.6 Å². The van der Waals surface area contributed by atoms with Gasteiger partial charge in [-0.05, 0) is 48.9 Å². The maximum atomic E-state index is 6.52. The molecule has 8 rings (SSSR count). The summed E-state index contributed by atoms with van der Waals surface area (Å²) in [6, 6.07) is 43.4. The molecule has 1 unspecified atom stereocenters. The first-order valence-corrected chi connectivity index (χ1v) is 14.8. The Morgan fingerprint density at radius 3 is 2.00 bits per heavy atom. The van der Waals surface area contributed by atoms with E-state index < -0.39 is 0 Å². The average molecular weight is 569 g/mol. The Balaban J connectivity index is 1.29. The smallest absolute Gasteiger partial charge is 0.164 e. The normalized spacial score (nSPS) is 14.3. The lowest BCUT2D eigenvalue weighted by molar-refractivity contribution is 0.669. The molecule has 0 bridgehead atoms. The molecule has 1 aliphatic carbocycles. The number of allylic oxidation sites excluding steroid dienone is 4. The Labute approximate surface area is 255 Å². The highest BCUT2D eigenvalue weighted by Crippen LogP contribution is 2.41. The van der Waals surface area contributed by atoms with Crippen LogP contribution in [0, 0.1) is 0 Å². The minimum atomic E-state index is 0.0917. The second kappa shape index (κ2) is 11.1. The molecule has 0 saturated carbocycles. The minimum Gasteiger partial charge on any atom is -0.456 e. The Kier molecular flexibility index (Phi) is 6.54. The number of rotatable bonds is 6. The van der Waals surface area contributed by atoms with Gasteiger partial charge in [0.05, 0.1) is 0 Å². The summed E-state index contributed by atoms with van der Waals surface area (Å²) in [6.07, 6.45) is 9.31. The van der Waals surface area contributed by atoms with Gasteiger partial charge in [-0.1, -0.05) is 103 Å². The predicted molar refractivity (Wildman–Crippen MR) is 178 cm³/mol. The van der Waals surface area contributed by atoms with Gasteiger partial charge in [-0.15, -0.1) is 0 Å². The van der Waals surface area contributed by atoms with E-state index in [4.69, 9.17) is 19.4 Å². The van der Waals surface area contributed by atoms with Crippen LogP contribution in [0.1, 0.15) is 18.2 Å². The summed E-state index contributed by atoms with van der Waals surface area (Å²) in [5.41, 5.74) is 6.66. The summed E-state index contributed by atoms with van der Waals surface area (Å²) in [5, 5.41) is 2.01. The molecular formula is C39H28N4O. The van der Waals surface area contributed by atoms with Crippen molar-refractivity contribution in [2.75, 3.05) is 4.90 Å². The van der Waals surface area contributed by atoms with Crippen LogP contribution in [0.3, 0.4) is 0 Å². The zero-order chi connectivity index (χ0) is 29.3. The second-order valence-electron chi connectivity index (χ2n) is 10.8. The van der Waals surface area contributed by atoms with Gasteiger partial charge in [-0.2, -0.15) is 0 Å². The van der Waals surface area contributed by atoms with Gasteiger partial charge in [-0.25, -0.2) is 15.0 Å². The maximum Gasteiger partial charge on any atom is 0.164 e. The van der Waals surface area contributed by atoms with Gasteiger partial charge in [0.1, 0.15) is 17.0 Å². The van der Waals surface area contributed by atoms with Crippen molar-refractivity contribution >= 4 is 39.0 Å². The molecule has 0 radical (unpaired) electrons. The summed E-state index contributed by atoms with van der Waals surface area (Å²) in [5.74, 6) is 2.17. The van der Waals surface area contributed by atoms with Crippen LogP contribution in [0.5, 0.6) is 0 Å². The second-order valence-corrected chi connectivity index (χ2v) is 10.8. The molecule has 0 spiro atoms. The van der Waals surface area contributed by atoms with Gasteiger partial charge in [0.25, 0.3) is 0 Å². The number of hydrogen-bond acceptors (Lipinski definition) is 5. The highest BCUT2D eigenvalue weighted by atomic mass is 16.3. The molecule has 5 nitrogen and oxygen atoms in total. The van der Waals surface area contributed by atoms with E-state index in [9.17, 15) is 0 Å². The van der Waals surface area contributed by atoms with Crippen LogP contribution in [0.25, 0.3) is 44.7 Å². The van der Waals surface area contributed by atoms with Crippen molar-refractivity contribution in [1.29, 1.82) is 0 Å². The summed E-state index contributed by atoms with van der Waals surface area (Å²) >= 11 is 0. The van der Waals surface area contributed by atoms with Crippen molar-refractivity contribution in [2.45, 2.75) is 12.3 Å². The molecule has 210 valence electrons. The lowest BCUT2D eigenvalue weighted by Crippen LogP contribution is -2.09. The molecule has 0 N–H and O–H groups in total. The van der Waals surface area contributed by atoms with E-state index in [-0.39, 0.29) is 5.92 Å². The summed E-state index contributed by atoms with van der Waals surface area (Å²) in [7, 11) is 0. The van der Waals surface area contributed by atoms with E-state index in [1.54, 1.807) is 0 Å². The monoisotopic (exact) mass is 568 g/mol. The molecule has 5 aromatic carbocycles. The highest BCUT2D eigenvalue weighted by Gasteiger charge is 2.21. The Morgan fingerprint density at radius 2 is 1.30 bits per heavy atom. The van der Waals surface area contributed by atoms with Gasteiger partial charge < -0.3 is 9.32 Å². The lowest BCUT2D eigenvalue weighted by Gasteiger charge is -2.25. The molecule has 0 fully saturated rings. The average Bonchev–Trinajstić information content (AvgIpc) is 3.48. The standard InChI is InChI=1S/C39H28N4O/c1-5-14-27(15-6-1)37-40-38(28-16-7-2-8-17-28)42-39(41-37)33-22-13-23-34-36(33)32-25-24-31(26-35(32)44-34)43(29-18-9-3-10-19-29)30-20-11-4-12-21-30/h1-16,18-26,28H,17H2. The Bertz CT molecular complexity index is 2110. The zero-order valence-electron chi connectivity index (χ0n) is 23.9. The molecule has 0 amide bonds. The van der Waals surface area contributed by atoms with Crippen molar-refractivity contribution < 1.29 is 4.42 Å². The van der Waals surface area contributed by atoms with Crippen LogP contribution >= 0.6 is 0 Å². The van der Waals surface area contributed by atoms with Gasteiger partial charge >= 0.3 is 0 Å². The number of nitrogens with zero attached hydrogens (tertiary/aromatic N) is 4. The first-order valence-electron chi connectivity index (χ1n) is 14.8. The number of para-hydroxylation sites is 2. The summed E-state index contributed by atoms with van der Waals surface area (Å²) in [6.45, 7) is 0. The van der Waals surface area contributed by atoms with Crippen LogP contribution in [-0.2, 0) is 0 Å². The molecule has 0 aliphatic heterocycles. The maximum absolute atomic E-state index is 6.52. The molecule has 44 heavy (non-hydrogen) atoms. The quantitative estimate of drug-likeness (QED) is 0.200. The number of furan rings is 1. The van der Waals surface area contributed by atoms with Crippen molar-refractivity contribution in [2.24, 2.45) is 0 Å². The van der Waals surface area contributed by atoms with E-state index >= 15 is 0 Å². The molecule has 7 aromatic rings. The number of anilines is 3. The minimum absolute atomic E-state index is 0.0917. The fourth-order valence-electron chi connectivity index (χ4n) is 5.91. The SMILES string of the molecule is C1=CCC(c2nc(-c3ccccc3)nc(-c3cccc4oc5cc(N(c6ccccc6)c6ccccc6)ccc5c34)n2)C=C1. The molecule has 0 saturated heterocycles. The molecule has 2 aromatic heterocycles. The van der Waals surface area contributed by atoms with Crippen LogP contribution in [0.2, 0.25) is 0 Å². The largest absolute Gasteiger partial charge is 0.456 e. The number of fused-ring (bicyclic) bond motifs is 3. The fraction of sp³-hybridized carbons (Fsp3) is 0.0513. The van der Waals surface area contributed by atoms with Crippen molar-refractivity contribution in [3.63, 3.8) is 0 Å². The van der Waals surface area contributed by atoms with Gasteiger partial charge in [-0.3, -0.25) is 0 Å². The molecule has 2 heterocycles. The van der Waals surface area contributed by atoms with Crippen molar-refractivity contribution in [3.05, 3.63) is 158 Å². The lowest BCUT2D eigenvalue weighted by atomic mass is 9.99. The number of aromatic nitrogens is 3. The first-order chi connectivity index (χ1) is 21.8. The van der Waals surface area contributed by atoms with Crippen LogP contribution in [-0.4, -0.2) is 15.0 Å². The van der Waals surface area contributed by atoms with Gasteiger partial charge in [0.15, 0.2) is 11.6 Å². The zero-order valence-corrected chi connectivity index (χ0v) is 23.9. The summed E-state index contributed by atoms with van der Waals surface area (Å²) in [4.78, 5) is 17.2. The van der Waals surface area contributed by atoms with Crippen LogP contribution < -0.4 is 4.90 Å². The van der Waals surface area contributed by atoms with E-state index in [2.05, 4.69) is 102 Å². The summed E-state index contributed by atoms with van der Waals surface area (Å²) < 4.78 is 6.52. The molecule has 5 heteroatoms. The van der Waals surface area contributed by atoms with E-state index in [0.717, 1.165) is 62.4 Å². The Morgan fingerprint density at radius 1 is 0.591 bits per heavy atom. The highest BCUT2D eigenvalue weighted by molar-refractivity contribution is 6.12. The molecule has 1 atom stereocenters. The topological polar surface area (TPSA) is 55.1 Å². The van der Waals surface area contributed by atoms with Crippen molar-refractivity contribution in [3.8, 4) is 22.8 Å². The number of benzene rings is 5. The predicted octanol–water partition coefficient (Wildman–Crippen LogP) is 10.2. The third-order valence-electron chi connectivity index (χ3n) is 8.01. The first kappa shape index (κ1) is 25.9. The third-order valence-corrected chi connectivity index (χ3v) is 8.01. The molecule has 1 aliphatic rings. The third kappa shape index (κ3) is 4.74. The fourth-order valence-corrected chi connectivity index (χ4v) is 5.91. The van der Waals surface area contributed by atoms with Crippen molar-refractivity contribution in [1.82, 2.24) is 15.0 Å². The Hall–Kier alpha value is -5.81. The van der Waals surface area contributed by atoms with Gasteiger partial charge in [0, 0.05) is 50.9 Å². The number of hydrogen-bond donors (Lipinski definition) is 0. The van der Waals surface area contributed by atoms with Crippen LogP contribution in [0.15, 0.2) is 156 Å². The van der Waals surface area contributed by atoms with Gasteiger partial charge in [0.2, 0.25) is 0 Å². The van der Waals surface area contributed by atoms with E-state index in [1.807, 2.05) is 54.6 Å². The van der Waals surface area contributed by atoms with E-state index in [1.165, 1.54) is 0 Å².